The molecule has 0 bridgehead atoms. The number of amides is 4. The first-order chi connectivity index (χ1) is 14.8. The molecular weight excluding hydrogens is 422 g/mol. The van der Waals surface area contributed by atoms with Gasteiger partial charge < -0.3 is 19.8 Å². The van der Waals surface area contributed by atoms with Crippen LogP contribution < -0.4 is 16.0 Å². The van der Waals surface area contributed by atoms with Gasteiger partial charge in [0.15, 0.2) is 12.4 Å². The fourth-order valence-electron chi connectivity index (χ4n) is 3.42. The number of ether oxygens (including phenoxy) is 1. The lowest BCUT2D eigenvalue weighted by Crippen LogP contribution is -2.48. The molecule has 1 saturated carbocycles. The number of rotatable bonds is 6. The Bertz CT molecular complexity index is 952. The number of nitrogens with one attached hydrogen (secondary N) is 3. The summed E-state index contributed by atoms with van der Waals surface area (Å²) in [6.45, 7) is 3.18. The zero-order valence-electron chi connectivity index (χ0n) is 17.4. The summed E-state index contributed by atoms with van der Waals surface area (Å²) < 4.78 is 10.0. The minimum absolute atomic E-state index is 0.0349. The molecule has 2 heterocycles. The lowest BCUT2D eigenvalue weighted by molar-refractivity contribution is -0.123. The summed E-state index contributed by atoms with van der Waals surface area (Å²) in [5.41, 5.74) is 0.592. The minimum Gasteiger partial charge on any atom is -0.459 e. The van der Waals surface area contributed by atoms with E-state index in [1.165, 1.54) is 12.3 Å². The van der Waals surface area contributed by atoms with Crippen molar-refractivity contribution in [2.75, 3.05) is 11.9 Å². The third-order valence-corrected chi connectivity index (χ3v) is 6.23. The molecule has 3 rings (SSSR count). The van der Waals surface area contributed by atoms with E-state index in [0.29, 0.717) is 16.5 Å². The Kier molecular flexibility index (Phi) is 7.45. The molecule has 1 aliphatic rings. The highest BCUT2D eigenvalue weighted by Crippen LogP contribution is 2.28. The molecule has 2 aromatic heterocycles. The predicted octanol–water partition coefficient (Wildman–Crippen LogP) is 3.46. The number of carbonyl (C=O) groups is 4. The zero-order chi connectivity index (χ0) is 22.4. The highest BCUT2D eigenvalue weighted by molar-refractivity contribution is 7.18. The lowest BCUT2D eigenvalue weighted by Gasteiger charge is -2.29. The topological polar surface area (TPSA) is 127 Å². The van der Waals surface area contributed by atoms with Gasteiger partial charge in [-0.2, -0.15) is 0 Å². The van der Waals surface area contributed by atoms with Crippen LogP contribution in [0.25, 0.3) is 0 Å². The Morgan fingerprint density at radius 2 is 2.00 bits per heavy atom. The molecule has 0 spiro atoms. The smallest absolute Gasteiger partial charge is 0.349 e. The molecule has 9 nitrogen and oxygen atoms in total. The van der Waals surface area contributed by atoms with E-state index in [1.807, 2.05) is 0 Å². The number of esters is 1. The van der Waals surface area contributed by atoms with Gasteiger partial charge in [-0.05, 0) is 49.4 Å². The highest BCUT2D eigenvalue weighted by atomic mass is 32.1. The quantitative estimate of drug-likeness (QED) is 0.582. The Morgan fingerprint density at radius 1 is 1.23 bits per heavy atom. The molecule has 2 atom stereocenters. The summed E-state index contributed by atoms with van der Waals surface area (Å²) in [5.74, 6) is -1.36. The second kappa shape index (κ2) is 10.3. The van der Waals surface area contributed by atoms with Gasteiger partial charge in [0, 0.05) is 6.04 Å². The van der Waals surface area contributed by atoms with Crippen molar-refractivity contribution in [3.8, 4) is 0 Å². The van der Waals surface area contributed by atoms with Crippen LogP contribution in [0, 0.1) is 12.8 Å². The van der Waals surface area contributed by atoms with Crippen LogP contribution in [0.15, 0.2) is 28.9 Å². The van der Waals surface area contributed by atoms with E-state index >= 15 is 0 Å². The Balaban J connectivity index is 1.46. The Labute approximate surface area is 183 Å². The van der Waals surface area contributed by atoms with Crippen LogP contribution in [-0.2, 0) is 9.53 Å². The SMILES string of the molecule is Cc1cc(NC(=O)c2ccco2)sc1C(=O)OCC(=O)NC(=O)NC1CCCCC1C. The predicted molar refractivity (Wildman–Crippen MR) is 114 cm³/mol. The molecule has 4 amide bonds. The van der Waals surface area contributed by atoms with E-state index in [4.69, 9.17) is 9.15 Å². The molecular formula is C21H25N3O6S. The fourth-order valence-corrected chi connectivity index (χ4v) is 4.38. The third-order valence-electron chi connectivity index (χ3n) is 5.10. The zero-order valence-corrected chi connectivity index (χ0v) is 18.2. The summed E-state index contributed by atoms with van der Waals surface area (Å²) >= 11 is 1.02. The number of urea groups is 1. The first-order valence-corrected chi connectivity index (χ1v) is 10.9. The summed E-state index contributed by atoms with van der Waals surface area (Å²) in [6, 6.07) is 4.19. The van der Waals surface area contributed by atoms with E-state index in [0.717, 1.165) is 37.0 Å². The van der Waals surface area contributed by atoms with Crippen molar-refractivity contribution in [3.05, 3.63) is 40.7 Å². The van der Waals surface area contributed by atoms with Gasteiger partial charge >= 0.3 is 12.0 Å². The number of hydrogen-bond donors (Lipinski definition) is 3. The summed E-state index contributed by atoms with van der Waals surface area (Å²) in [4.78, 5) is 48.6. The maximum Gasteiger partial charge on any atom is 0.349 e. The average Bonchev–Trinajstić information content (AvgIpc) is 3.38. The van der Waals surface area contributed by atoms with Gasteiger partial charge in [-0.1, -0.05) is 19.8 Å². The normalized spacial score (nSPS) is 18.1. The van der Waals surface area contributed by atoms with Crippen LogP contribution in [-0.4, -0.2) is 36.5 Å². The molecule has 10 heteroatoms. The second-order valence-corrected chi connectivity index (χ2v) is 8.57. The van der Waals surface area contributed by atoms with Crippen molar-refractivity contribution < 1.29 is 28.3 Å². The number of thiophene rings is 1. The van der Waals surface area contributed by atoms with Crippen LogP contribution in [0.5, 0.6) is 0 Å². The molecule has 0 aliphatic heterocycles. The summed E-state index contributed by atoms with van der Waals surface area (Å²) in [7, 11) is 0. The van der Waals surface area contributed by atoms with Crippen molar-refractivity contribution in [3.63, 3.8) is 0 Å². The molecule has 1 fully saturated rings. The van der Waals surface area contributed by atoms with Crippen molar-refractivity contribution in [1.82, 2.24) is 10.6 Å². The van der Waals surface area contributed by atoms with Crippen LogP contribution in [0.4, 0.5) is 9.80 Å². The average molecular weight is 448 g/mol. The van der Waals surface area contributed by atoms with E-state index in [-0.39, 0.29) is 16.7 Å². The third kappa shape index (κ3) is 6.17. The number of furan rings is 1. The van der Waals surface area contributed by atoms with Crippen molar-refractivity contribution in [2.45, 2.75) is 45.6 Å². The highest BCUT2D eigenvalue weighted by Gasteiger charge is 2.24. The monoisotopic (exact) mass is 447 g/mol. The first kappa shape index (κ1) is 22.5. The van der Waals surface area contributed by atoms with Gasteiger partial charge in [-0.15, -0.1) is 11.3 Å². The van der Waals surface area contributed by atoms with Crippen molar-refractivity contribution in [2.24, 2.45) is 5.92 Å². The van der Waals surface area contributed by atoms with Gasteiger partial charge in [0.1, 0.15) is 4.88 Å². The molecule has 2 unspecified atom stereocenters. The van der Waals surface area contributed by atoms with Crippen molar-refractivity contribution >= 4 is 40.2 Å². The van der Waals surface area contributed by atoms with E-state index in [2.05, 4.69) is 22.9 Å². The van der Waals surface area contributed by atoms with Gasteiger partial charge in [0.05, 0.1) is 11.3 Å². The molecule has 0 aromatic carbocycles. The lowest BCUT2D eigenvalue weighted by atomic mass is 9.86. The molecule has 0 saturated heterocycles. The number of imide groups is 1. The molecule has 1 aliphatic carbocycles. The maximum atomic E-state index is 12.3. The number of anilines is 1. The van der Waals surface area contributed by atoms with Gasteiger partial charge in [-0.25, -0.2) is 9.59 Å². The molecule has 3 N–H and O–H groups in total. The largest absolute Gasteiger partial charge is 0.459 e. The summed E-state index contributed by atoms with van der Waals surface area (Å²) in [6.07, 6.45) is 5.50. The number of carbonyl (C=O) groups excluding carboxylic acids is 4. The Morgan fingerprint density at radius 3 is 2.71 bits per heavy atom. The second-order valence-electron chi connectivity index (χ2n) is 7.52. The van der Waals surface area contributed by atoms with Gasteiger partial charge in [0.2, 0.25) is 0 Å². The number of hydrogen-bond acceptors (Lipinski definition) is 7. The first-order valence-electron chi connectivity index (χ1n) is 10.1. The molecule has 31 heavy (non-hydrogen) atoms. The van der Waals surface area contributed by atoms with Crippen LogP contribution in [0.1, 0.15) is 58.4 Å². The van der Waals surface area contributed by atoms with Crippen molar-refractivity contribution in [1.29, 1.82) is 0 Å². The Hall–Kier alpha value is -3.14. The fraction of sp³-hybridized carbons (Fsp3) is 0.429. The van der Waals surface area contributed by atoms with Crippen LogP contribution in [0.2, 0.25) is 0 Å². The van der Waals surface area contributed by atoms with Crippen LogP contribution in [0.3, 0.4) is 0 Å². The maximum absolute atomic E-state index is 12.3. The van der Waals surface area contributed by atoms with Crippen LogP contribution >= 0.6 is 11.3 Å². The summed E-state index contributed by atoms with van der Waals surface area (Å²) in [5, 5.41) is 8.07. The van der Waals surface area contributed by atoms with Gasteiger partial charge in [-0.3, -0.25) is 14.9 Å². The minimum atomic E-state index is -0.713. The molecule has 166 valence electrons. The van der Waals surface area contributed by atoms with E-state index < -0.39 is 30.4 Å². The molecule has 2 aromatic rings. The van der Waals surface area contributed by atoms with E-state index in [9.17, 15) is 19.2 Å². The molecule has 0 radical (unpaired) electrons. The standard InChI is InChI=1S/C21H25N3O6S/c1-12-6-3-4-7-14(12)22-21(28)23-16(25)11-30-20(27)18-13(2)10-17(31-18)24-19(26)15-8-5-9-29-15/h5,8-10,12,14H,3-4,6-7,11H2,1-2H3,(H,24,26)(H2,22,23,25,28). The van der Waals surface area contributed by atoms with Gasteiger partial charge in [0.25, 0.3) is 11.8 Å². The number of aryl methyl sites for hydroxylation is 1. The van der Waals surface area contributed by atoms with E-state index in [1.54, 1.807) is 19.1 Å².